The Bertz CT molecular complexity index is 568. The van der Waals surface area contributed by atoms with E-state index in [1.54, 1.807) is 12.1 Å². The van der Waals surface area contributed by atoms with E-state index in [0.717, 1.165) is 17.7 Å². The molecule has 1 nitrogen and oxygen atoms in total. The summed E-state index contributed by atoms with van der Waals surface area (Å²) >= 11 is 6.30. The minimum atomic E-state index is -0.223. The highest BCUT2D eigenvalue weighted by atomic mass is 35.5. The predicted octanol–water partition coefficient (Wildman–Crippen LogP) is 4.49. The minimum Gasteiger partial charge on any atom is -0.306 e. The van der Waals surface area contributed by atoms with E-state index in [4.69, 9.17) is 11.6 Å². The molecule has 0 aliphatic rings. The molecule has 0 amide bonds. The maximum atomic E-state index is 14.0. The normalized spacial score (nSPS) is 12.4. The van der Waals surface area contributed by atoms with Gasteiger partial charge in [-0.05, 0) is 36.7 Å². The fourth-order valence-electron chi connectivity index (χ4n) is 2.17. The number of nitrogens with one attached hydrogen (secondary N) is 1. The summed E-state index contributed by atoms with van der Waals surface area (Å²) in [6.45, 7) is 4.72. The molecular formula is C16H17ClFN. The molecule has 0 radical (unpaired) electrons. The van der Waals surface area contributed by atoms with Gasteiger partial charge in [0.15, 0.2) is 0 Å². The molecular weight excluding hydrogens is 261 g/mol. The maximum absolute atomic E-state index is 14.0. The highest BCUT2D eigenvalue weighted by Crippen LogP contribution is 2.30. The topological polar surface area (TPSA) is 12.0 Å². The summed E-state index contributed by atoms with van der Waals surface area (Å²) in [5.41, 5.74) is 2.62. The van der Waals surface area contributed by atoms with Crippen molar-refractivity contribution in [3.05, 3.63) is 70.0 Å². The molecule has 0 aromatic heterocycles. The molecule has 0 spiro atoms. The number of hydrogen-bond acceptors (Lipinski definition) is 1. The summed E-state index contributed by atoms with van der Waals surface area (Å²) in [5, 5.41) is 3.95. The zero-order valence-electron chi connectivity index (χ0n) is 11.1. The first kappa shape index (κ1) is 14.0. The van der Waals surface area contributed by atoms with Crippen LogP contribution in [0.2, 0.25) is 5.02 Å². The SMILES string of the molecule is CCNC(c1ccccc1F)c1ccc(C)cc1Cl. The van der Waals surface area contributed by atoms with Gasteiger partial charge in [-0.1, -0.05) is 48.9 Å². The predicted molar refractivity (Wildman–Crippen MR) is 78.1 cm³/mol. The van der Waals surface area contributed by atoms with Crippen LogP contribution in [0.3, 0.4) is 0 Å². The number of benzene rings is 2. The Morgan fingerprint density at radius 2 is 1.89 bits per heavy atom. The molecule has 0 saturated carbocycles. The smallest absolute Gasteiger partial charge is 0.128 e. The van der Waals surface area contributed by atoms with Gasteiger partial charge in [0.1, 0.15) is 5.82 Å². The Labute approximate surface area is 118 Å². The van der Waals surface area contributed by atoms with Gasteiger partial charge in [-0.25, -0.2) is 4.39 Å². The quantitative estimate of drug-likeness (QED) is 0.868. The Kier molecular flexibility index (Phi) is 4.56. The maximum Gasteiger partial charge on any atom is 0.128 e. The largest absolute Gasteiger partial charge is 0.306 e. The van der Waals surface area contributed by atoms with Gasteiger partial charge in [0, 0.05) is 10.6 Å². The lowest BCUT2D eigenvalue weighted by atomic mass is 9.97. The van der Waals surface area contributed by atoms with Crippen LogP contribution in [0.25, 0.3) is 0 Å². The van der Waals surface area contributed by atoms with Crippen LogP contribution >= 0.6 is 11.6 Å². The summed E-state index contributed by atoms with van der Waals surface area (Å²) in [7, 11) is 0. The number of rotatable bonds is 4. The lowest BCUT2D eigenvalue weighted by Gasteiger charge is -2.21. The molecule has 1 atom stereocenters. The summed E-state index contributed by atoms with van der Waals surface area (Å²) in [6.07, 6.45) is 0. The molecule has 0 fully saturated rings. The van der Waals surface area contributed by atoms with E-state index in [-0.39, 0.29) is 11.9 Å². The van der Waals surface area contributed by atoms with E-state index in [1.165, 1.54) is 6.07 Å². The molecule has 0 aliphatic carbocycles. The van der Waals surface area contributed by atoms with Crippen molar-refractivity contribution in [3.8, 4) is 0 Å². The third-order valence-electron chi connectivity index (χ3n) is 3.09. The molecule has 0 bridgehead atoms. The Hall–Kier alpha value is -1.38. The Morgan fingerprint density at radius 3 is 2.53 bits per heavy atom. The van der Waals surface area contributed by atoms with E-state index in [2.05, 4.69) is 5.32 Å². The van der Waals surface area contributed by atoms with Gasteiger partial charge in [-0.15, -0.1) is 0 Å². The summed E-state index contributed by atoms with van der Waals surface area (Å²) in [4.78, 5) is 0. The first-order valence-electron chi connectivity index (χ1n) is 6.37. The van der Waals surface area contributed by atoms with Gasteiger partial charge in [-0.2, -0.15) is 0 Å². The van der Waals surface area contributed by atoms with Crippen LogP contribution in [0.15, 0.2) is 42.5 Å². The van der Waals surface area contributed by atoms with Gasteiger partial charge in [-0.3, -0.25) is 0 Å². The van der Waals surface area contributed by atoms with Gasteiger partial charge in [0.2, 0.25) is 0 Å². The molecule has 100 valence electrons. The third kappa shape index (κ3) is 3.14. The van der Waals surface area contributed by atoms with Gasteiger partial charge in [0.05, 0.1) is 6.04 Å². The molecule has 2 aromatic carbocycles. The molecule has 1 unspecified atom stereocenters. The average molecular weight is 278 g/mol. The summed E-state index contributed by atoms with van der Waals surface area (Å²) in [6, 6.07) is 12.4. The minimum absolute atomic E-state index is 0.218. The number of hydrogen-bond donors (Lipinski definition) is 1. The third-order valence-corrected chi connectivity index (χ3v) is 3.42. The van der Waals surface area contributed by atoms with Crippen molar-refractivity contribution in [2.24, 2.45) is 0 Å². The molecule has 0 aliphatic heterocycles. The molecule has 0 heterocycles. The van der Waals surface area contributed by atoms with E-state index in [1.807, 2.05) is 38.1 Å². The van der Waals surface area contributed by atoms with E-state index in [0.29, 0.717) is 10.6 Å². The zero-order chi connectivity index (χ0) is 13.8. The summed E-state index contributed by atoms with van der Waals surface area (Å²) in [5.74, 6) is -0.218. The van der Waals surface area contributed by atoms with Crippen molar-refractivity contribution in [3.63, 3.8) is 0 Å². The van der Waals surface area contributed by atoms with Crippen molar-refractivity contribution in [2.45, 2.75) is 19.9 Å². The molecule has 19 heavy (non-hydrogen) atoms. The number of halogens is 2. The van der Waals surface area contributed by atoms with Gasteiger partial charge < -0.3 is 5.32 Å². The molecule has 1 N–H and O–H groups in total. The standard InChI is InChI=1S/C16H17ClFN/c1-3-19-16(13-6-4-5-7-15(13)18)12-9-8-11(2)10-14(12)17/h4-10,16,19H,3H2,1-2H3. The van der Waals surface area contributed by atoms with E-state index >= 15 is 0 Å². The van der Waals surface area contributed by atoms with Crippen molar-refractivity contribution < 1.29 is 4.39 Å². The molecule has 2 aromatic rings. The van der Waals surface area contributed by atoms with E-state index < -0.39 is 0 Å². The second-order valence-corrected chi connectivity index (χ2v) is 4.94. The highest BCUT2D eigenvalue weighted by Gasteiger charge is 2.18. The molecule has 0 saturated heterocycles. The van der Waals surface area contributed by atoms with Crippen LogP contribution in [0, 0.1) is 12.7 Å². The van der Waals surface area contributed by atoms with Crippen LogP contribution in [0.4, 0.5) is 4.39 Å². The van der Waals surface area contributed by atoms with Crippen LogP contribution in [0.5, 0.6) is 0 Å². The molecule has 2 rings (SSSR count). The van der Waals surface area contributed by atoms with Crippen molar-refractivity contribution in [1.82, 2.24) is 5.32 Å². The monoisotopic (exact) mass is 277 g/mol. The lowest BCUT2D eigenvalue weighted by molar-refractivity contribution is 0.559. The fourth-order valence-corrected chi connectivity index (χ4v) is 2.51. The van der Waals surface area contributed by atoms with Gasteiger partial charge in [0.25, 0.3) is 0 Å². The van der Waals surface area contributed by atoms with Crippen LogP contribution in [-0.2, 0) is 0 Å². The Balaban J connectivity index is 2.48. The van der Waals surface area contributed by atoms with Crippen LogP contribution in [0.1, 0.15) is 29.7 Å². The van der Waals surface area contributed by atoms with Crippen molar-refractivity contribution in [2.75, 3.05) is 6.54 Å². The van der Waals surface area contributed by atoms with Crippen LogP contribution in [-0.4, -0.2) is 6.54 Å². The first-order valence-corrected chi connectivity index (χ1v) is 6.75. The van der Waals surface area contributed by atoms with E-state index in [9.17, 15) is 4.39 Å². The zero-order valence-corrected chi connectivity index (χ0v) is 11.8. The number of aryl methyl sites for hydroxylation is 1. The van der Waals surface area contributed by atoms with Crippen LogP contribution < -0.4 is 5.32 Å². The second kappa shape index (κ2) is 6.18. The molecule has 3 heteroatoms. The Morgan fingerprint density at radius 1 is 1.16 bits per heavy atom. The fraction of sp³-hybridized carbons (Fsp3) is 0.250. The second-order valence-electron chi connectivity index (χ2n) is 4.54. The first-order chi connectivity index (χ1) is 9.13. The highest BCUT2D eigenvalue weighted by molar-refractivity contribution is 6.31. The summed E-state index contributed by atoms with van der Waals surface area (Å²) < 4.78 is 14.0. The lowest BCUT2D eigenvalue weighted by Crippen LogP contribution is -2.23. The van der Waals surface area contributed by atoms with Crippen molar-refractivity contribution in [1.29, 1.82) is 0 Å². The van der Waals surface area contributed by atoms with Crippen molar-refractivity contribution >= 4 is 11.6 Å². The van der Waals surface area contributed by atoms with Gasteiger partial charge >= 0.3 is 0 Å². The average Bonchev–Trinajstić information content (AvgIpc) is 2.38.